The van der Waals surface area contributed by atoms with Gasteiger partial charge in [0.25, 0.3) is 0 Å². The topological polar surface area (TPSA) is 30.8 Å². The smallest absolute Gasteiger partial charge is 0.128 e. The van der Waals surface area contributed by atoms with E-state index >= 15 is 0 Å². The molecular formula is C17H17NO2. The lowest BCUT2D eigenvalue weighted by atomic mass is 9.99. The molecule has 0 N–H and O–H groups in total. The van der Waals surface area contributed by atoms with Crippen LogP contribution in [-0.2, 0) is 9.57 Å². The lowest BCUT2D eigenvalue weighted by Crippen LogP contribution is -2.21. The van der Waals surface area contributed by atoms with Crippen molar-refractivity contribution in [3.63, 3.8) is 0 Å². The van der Waals surface area contributed by atoms with Crippen LogP contribution in [0.25, 0.3) is 0 Å². The van der Waals surface area contributed by atoms with E-state index in [0.29, 0.717) is 13.2 Å². The number of oxime groups is 1. The van der Waals surface area contributed by atoms with E-state index in [-0.39, 0.29) is 6.10 Å². The van der Waals surface area contributed by atoms with Gasteiger partial charge in [-0.3, -0.25) is 0 Å². The summed E-state index contributed by atoms with van der Waals surface area (Å²) in [4.78, 5) is 5.40. The van der Waals surface area contributed by atoms with Gasteiger partial charge in [-0.1, -0.05) is 65.8 Å². The average molecular weight is 267 g/mol. The van der Waals surface area contributed by atoms with Crippen molar-refractivity contribution in [1.29, 1.82) is 0 Å². The first-order valence-corrected chi connectivity index (χ1v) is 6.87. The third-order valence-electron chi connectivity index (χ3n) is 3.25. The van der Waals surface area contributed by atoms with Gasteiger partial charge in [0.1, 0.15) is 18.4 Å². The molecule has 3 rings (SSSR count). The van der Waals surface area contributed by atoms with Crippen LogP contribution >= 0.6 is 0 Å². The lowest BCUT2D eigenvalue weighted by molar-refractivity contribution is 0.0462. The zero-order valence-corrected chi connectivity index (χ0v) is 11.2. The molecule has 0 radical (unpaired) electrons. The van der Waals surface area contributed by atoms with Crippen molar-refractivity contribution in [1.82, 2.24) is 0 Å². The highest BCUT2D eigenvalue weighted by molar-refractivity contribution is 6.04. The highest BCUT2D eigenvalue weighted by Crippen LogP contribution is 2.24. The van der Waals surface area contributed by atoms with Crippen LogP contribution in [0.4, 0.5) is 0 Å². The minimum Gasteiger partial charge on any atom is -0.395 e. The maximum atomic E-state index is 6.03. The first-order valence-electron chi connectivity index (χ1n) is 6.87. The molecule has 20 heavy (non-hydrogen) atoms. The Hall–Kier alpha value is -2.13. The Morgan fingerprint density at radius 3 is 2.30 bits per heavy atom. The van der Waals surface area contributed by atoms with Crippen LogP contribution in [0, 0.1) is 0 Å². The van der Waals surface area contributed by atoms with Crippen molar-refractivity contribution >= 4 is 5.71 Å². The van der Waals surface area contributed by atoms with Crippen molar-refractivity contribution in [2.24, 2.45) is 5.16 Å². The van der Waals surface area contributed by atoms with Gasteiger partial charge in [-0.2, -0.15) is 0 Å². The number of rotatable bonds is 2. The summed E-state index contributed by atoms with van der Waals surface area (Å²) in [7, 11) is 0. The van der Waals surface area contributed by atoms with Gasteiger partial charge in [0.15, 0.2) is 0 Å². The minimum absolute atomic E-state index is 0.182. The summed E-state index contributed by atoms with van der Waals surface area (Å²) in [5, 5.41) is 4.30. The molecule has 1 aliphatic heterocycles. The van der Waals surface area contributed by atoms with Crippen molar-refractivity contribution < 1.29 is 9.57 Å². The fourth-order valence-corrected chi connectivity index (χ4v) is 2.26. The molecule has 0 spiro atoms. The van der Waals surface area contributed by atoms with E-state index in [2.05, 4.69) is 17.3 Å². The molecule has 1 unspecified atom stereocenters. The van der Waals surface area contributed by atoms with Gasteiger partial charge in [-0.15, -0.1) is 0 Å². The number of hydrogen-bond donors (Lipinski definition) is 0. The SMILES string of the molecule is c1ccc(/C2=N/OCCCOC2c2ccccc2)cc1. The van der Waals surface area contributed by atoms with Gasteiger partial charge in [0.05, 0.1) is 6.61 Å². The van der Waals surface area contributed by atoms with Gasteiger partial charge in [0, 0.05) is 12.0 Å². The molecule has 0 fully saturated rings. The minimum atomic E-state index is -0.182. The summed E-state index contributed by atoms with van der Waals surface area (Å²) in [5.41, 5.74) is 2.96. The molecule has 0 amide bonds. The monoisotopic (exact) mass is 267 g/mol. The van der Waals surface area contributed by atoms with Crippen molar-refractivity contribution in [2.45, 2.75) is 12.5 Å². The Morgan fingerprint density at radius 2 is 1.55 bits per heavy atom. The third kappa shape index (κ3) is 2.89. The van der Waals surface area contributed by atoms with Crippen LogP contribution < -0.4 is 0 Å². The predicted octanol–water partition coefficient (Wildman–Crippen LogP) is 3.57. The summed E-state index contributed by atoms with van der Waals surface area (Å²) >= 11 is 0. The zero-order chi connectivity index (χ0) is 13.6. The Bertz CT molecular complexity index is 566. The first kappa shape index (κ1) is 12.9. The van der Waals surface area contributed by atoms with E-state index < -0.39 is 0 Å². The van der Waals surface area contributed by atoms with Crippen LogP contribution in [0.5, 0.6) is 0 Å². The third-order valence-corrected chi connectivity index (χ3v) is 3.25. The van der Waals surface area contributed by atoms with Gasteiger partial charge in [0.2, 0.25) is 0 Å². The maximum absolute atomic E-state index is 6.03. The molecule has 3 nitrogen and oxygen atoms in total. The van der Waals surface area contributed by atoms with Crippen molar-refractivity contribution in [3.8, 4) is 0 Å². The molecule has 2 aromatic rings. The van der Waals surface area contributed by atoms with Gasteiger partial charge in [-0.25, -0.2) is 0 Å². The van der Waals surface area contributed by atoms with Crippen LogP contribution in [0.15, 0.2) is 65.8 Å². The van der Waals surface area contributed by atoms with E-state index in [1.165, 1.54) is 0 Å². The van der Waals surface area contributed by atoms with Crippen LogP contribution in [0.1, 0.15) is 23.7 Å². The molecule has 1 aliphatic rings. The molecule has 0 saturated carbocycles. The quantitative estimate of drug-likeness (QED) is 0.832. The molecule has 1 heterocycles. The molecular weight excluding hydrogens is 250 g/mol. The fraction of sp³-hybridized carbons (Fsp3) is 0.235. The highest BCUT2D eigenvalue weighted by Gasteiger charge is 2.22. The second kappa shape index (κ2) is 6.35. The van der Waals surface area contributed by atoms with Crippen molar-refractivity contribution in [3.05, 3.63) is 71.8 Å². The number of benzene rings is 2. The predicted molar refractivity (Wildman–Crippen MR) is 78.7 cm³/mol. The largest absolute Gasteiger partial charge is 0.395 e. The molecule has 0 aliphatic carbocycles. The van der Waals surface area contributed by atoms with E-state index in [1.54, 1.807) is 0 Å². The number of hydrogen-bond acceptors (Lipinski definition) is 3. The highest BCUT2D eigenvalue weighted by atomic mass is 16.6. The Balaban J connectivity index is 2.00. The first-order chi connectivity index (χ1) is 9.95. The summed E-state index contributed by atoms with van der Waals surface area (Å²) in [5.74, 6) is 0. The fourth-order valence-electron chi connectivity index (χ4n) is 2.26. The second-order valence-corrected chi connectivity index (χ2v) is 4.69. The molecule has 2 aromatic carbocycles. The molecule has 0 bridgehead atoms. The molecule has 0 saturated heterocycles. The molecule has 0 aromatic heterocycles. The Kier molecular flexibility index (Phi) is 4.09. The zero-order valence-electron chi connectivity index (χ0n) is 11.2. The van der Waals surface area contributed by atoms with Crippen molar-refractivity contribution in [2.75, 3.05) is 13.2 Å². The molecule has 3 heteroatoms. The summed E-state index contributed by atoms with van der Waals surface area (Å²) in [6.07, 6.45) is 0.674. The van der Waals surface area contributed by atoms with Crippen LogP contribution in [0.2, 0.25) is 0 Å². The van der Waals surface area contributed by atoms with Crippen LogP contribution in [0.3, 0.4) is 0 Å². The average Bonchev–Trinajstić information content (AvgIpc) is 2.49. The molecule has 102 valence electrons. The van der Waals surface area contributed by atoms with E-state index in [9.17, 15) is 0 Å². The standard InChI is InChI=1S/C17H17NO2/c1-3-8-14(9-4-1)16-17(15-10-5-2-6-11-15)19-12-7-13-20-18-16/h1-6,8-11,17H,7,12-13H2/b18-16-. The Labute approximate surface area is 118 Å². The van der Waals surface area contributed by atoms with Gasteiger partial charge in [-0.05, 0) is 5.56 Å². The van der Waals surface area contributed by atoms with E-state index in [4.69, 9.17) is 9.57 Å². The van der Waals surface area contributed by atoms with E-state index in [1.807, 2.05) is 48.5 Å². The summed E-state index contributed by atoms with van der Waals surface area (Å²) < 4.78 is 6.03. The number of ether oxygens (including phenoxy) is 1. The van der Waals surface area contributed by atoms with Gasteiger partial charge >= 0.3 is 0 Å². The van der Waals surface area contributed by atoms with Crippen LogP contribution in [-0.4, -0.2) is 18.9 Å². The van der Waals surface area contributed by atoms with Gasteiger partial charge < -0.3 is 9.57 Å². The number of nitrogens with zero attached hydrogens (tertiary/aromatic N) is 1. The maximum Gasteiger partial charge on any atom is 0.128 e. The lowest BCUT2D eigenvalue weighted by Gasteiger charge is -2.22. The summed E-state index contributed by atoms with van der Waals surface area (Å²) in [6.45, 7) is 1.27. The summed E-state index contributed by atoms with van der Waals surface area (Å²) in [6, 6.07) is 20.2. The normalized spacial score (nSPS) is 22.0. The Morgan fingerprint density at radius 1 is 0.850 bits per heavy atom. The second-order valence-electron chi connectivity index (χ2n) is 4.69. The van der Waals surface area contributed by atoms with E-state index in [0.717, 1.165) is 23.3 Å². The molecule has 1 atom stereocenters.